The van der Waals surface area contributed by atoms with E-state index < -0.39 is 0 Å². The summed E-state index contributed by atoms with van der Waals surface area (Å²) < 4.78 is 0. The zero-order valence-electron chi connectivity index (χ0n) is 11.8. The zero-order valence-corrected chi connectivity index (χ0v) is 11.8. The van der Waals surface area contributed by atoms with Crippen molar-refractivity contribution in [3.8, 4) is 0 Å². The maximum Gasteiger partial charge on any atom is 0.271 e. The van der Waals surface area contributed by atoms with E-state index in [1.54, 1.807) is 6.20 Å². The van der Waals surface area contributed by atoms with Gasteiger partial charge in [-0.1, -0.05) is 38.1 Å². The monoisotopic (exact) mass is 269 g/mol. The highest BCUT2D eigenvalue weighted by Gasteiger charge is 2.07. The average molecular weight is 269 g/mol. The van der Waals surface area contributed by atoms with Gasteiger partial charge in [0.15, 0.2) is 0 Å². The first-order valence-corrected chi connectivity index (χ1v) is 6.83. The average Bonchev–Trinajstić information content (AvgIpc) is 2.53. The van der Waals surface area contributed by atoms with Gasteiger partial charge in [-0.3, -0.25) is 9.78 Å². The molecule has 4 nitrogen and oxygen atoms in total. The maximum atomic E-state index is 11.8. The number of hydrogen-bond donors (Lipinski definition) is 1. The van der Waals surface area contributed by atoms with Crippen molar-refractivity contribution in [1.29, 1.82) is 0 Å². The van der Waals surface area contributed by atoms with Crippen LogP contribution in [-0.4, -0.2) is 15.9 Å². The third-order valence-corrected chi connectivity index (χ3v) is 3.41. The number of aromatic nitrogens is 2. The van der Waals surface area contributed by atoms with E-state index in [-0.39, 0.29) is 5.91 Å². The molecule has 0 radical (unpaired) electrons. The van der Waals surface area contributed by atoms with Crippen molar-refractivity contribution in [3.05, 3.63) is 59.7 Å². The van der Waals surface area contributed by atoms with Crippen LogP contribution in [0.2, 0.25) is 0 Å². The van der Waals surface area contributed by atoms with E-state index in [1.807, 2.05) is 0 Å². The quantitative estimate of drug-likeness (QED) is 0.908. The molecule has 1 heterocycles. The molecule has 2 rings (SSSR count). The van der Waals surface area contributed by atoms with Crippen molar-refractivity contribution in [2.24, 2.45) is 0 Å². The second kappa shape index (κ2) is 6.80. The third-order valence-electron chi connectivity index (χ3n) is 3.41. The molecular weight excluding hydrogens is 250 g/mol. The van der Waals surface area contributed by atoms with Gasteiger partial charge in [0.25, 0.3) is 5.91 Å². The molecule has 1 amide bonds. The minimum atomic E-state index is -0.205. The largest absolute Gasteiger partial charge is 0.347 e. The first-order chi connectivity index (χ1) is 9.70. The lowest BCUT2D eigenvalue weighted by Gasteiger charge is -2.10. The van der Waals surface area contributed by atoms with Crippen LogP contribution < -0.4 is 5.32 Å². The first-order valence-electron chi connectivity index (χ1n) is 6.83. The topological polar surface area (TPSA) is 54.9 Å². The van der Waals surface area contributed by atoms with Crippen molar-refractivity contribution in [3.63, 3.8) is 0 Å². The molecule has 20 heavy (non-hydrogen) atoms. The molecule has 0 fully saturated rings. The lowest BCUT2D eigenvalue weighted by atomic mass is 9.98. The van der Waals surface area contributed by atoms with Crippen LogP contribution >= 0.6 is 0 Å². The maximum absolute atomic E-state index is 11.8. The van der Waals surface area contributed by atoms with Gasteiger partial charge >= 0.3 is 0 Å². The number of nitrogens with one attached hydrogen (secondary N) is 1. The van der Waals surface area contributed by atoms with Crippen LogP contribution in [0.1, 0.15) is 47.8 Å². The normalized spacial score (nSPS) is 11.9. The summed E-state index contributed by atoms with van der Waals surface area (Å²) in [6.07, 6.45) is 5.64. The molecule has 4 heteroatoms. The van der Waals surface area contributed by atoms with Crippen LogP contribution in [0.15, 0.2) is 42.9 Å². The van der Waals surface area contributed by atoms with Crippen molar-refractivity contribution >= 4 is 5.91 Å². The van der Waals surface area contributed by atoms with Crippen LogP contribution in [0.25, 0.3) is 0 Å². The molecular formula is C16H19N3O. The smallest absolute Gasteiger partial charge is 0.271 e. The van der Waals surface area contributed by atoms with Crippen molar-refractivity contribution in [2.75, 3.05) is 0 Å². The van der Waals surface area contributed by atoms with Gasteiger partial charge in [0.2, 0.25) is 0 Å². The summed E-state index contributed by atoms with van der Waals surface area (Å²) in [5.41, 5.74) is 2.74. The molecule has 0 saturated carbocycles. The Morgan fingerprint density at radius 3 is 2.60 bits per heavy atom. The standard InChI is InChI=1S/C16H19N3O/c1-3-12(2)14-6-4-13(5-7-14)10-19-16(20)15-11-17-8-9-18-15/h4-9,11-12H,3,10H2,1-2H3,(H,19,20). The van der Waals surface area contributed by atoms with Crippen molar-refractivity contribution in [2.45, 2.75) is 32.7 Å². The molecule has 1 atom stereocenters. The molecule has 0 saturated heterocycles. The van der Waals surface area contributed by atoms with Gasteiger partial charge in [-0.25, -0.2) is 4.98 Å². The summed E-state index contributed by atoms with van der Waals surface area (Å²) in [6.45, 7) is 4.89. The predicted octanol–water partition coefficient (Wildman–Crippen LogP) is 2.92. The molecule has 2 aromatic rings. The molecule has 1 aromatic carbocycles. The van der Waals surface area contributed by atoms with Crippen LogP contribution in [0.4, 0.5) is 0 Å². The number of carbonyl (C=O) groups is 1. The van der Waals surface area contributed by atoms with Gasteiger partial charge in [-0.05, 0) is 23.5 Å². The molecule has 1 aromatic heterocycles. The number of rotatable bonds is 5. The number of amides is 1. The van der Waals surface area contributed by atoms with Gasteiger partial charge in [-0.15, -0.1) is 0 Å². The second-order valence-electron chi connectivity index (χ2n) is 4.82. The Labute approximate surface area is 119 Å². The highest BCUT2D eigenvalue weighted by Crippen LogP contribution is 2.18. The lowest BCUT2D eigenvalue weighted by Crippen LogP contribution is -2.23. The number of hydrogen-bond acceptors (Lipinski definition) is 3. The summed E-state index contributed by atoms with van der Waals surface area (Å²) in [5.74, 6) is 0.363. The minimum absolute atomic E-state index is 0.205. The summed E-state index contributed by atoms with van der Waals surface area (Å²) in [5, 5.41) is 2.84. The van der Waals surface area contributed by atoms with Gasteiger partial charge in [-0.2, -0.15) is 0 Å². The van der Waals surface area contributed by atoms with Crippen LogP contribution in [0, 0.1) is 0 Å². The molecule has 1 unspecified atom stereocenters. The van der Waals surface area contributed by atoms with Crippen LogP contribution in [0.5, 0.6) is 0 Å². The Balaban J connectivity index is 1.93. The molecule has 0 aliphatic carbocycles. The highest BCUT2D eigenvalue weighted by atomic mass is 16.1. The molecule has 0 bridgehead atoms. The Morgan fingerprint density at radius 1 is 1.25 bits per heavy atom. The van der Waals surface area contributed by atoms with E-state index in [2.05, 4.69) is 53.4 Å². The summed E-state index contributed by atoms with van der Waals surface area (Å²) in [4.78, 5) is 19.7. The van der Waals surface area contributed by atoms with E-state index in [0.717, 1.165) is 12.0 Å². The molecule has 0 aliphatic rings. The molecule has 0 spiro atoms. The Morgan fingerprint density at radius 2 is 2.00 bits per heavy atom. The van der Waals surface area contributed by atoms with Crippen LogP contribution in [0.3, 0.4) is 0 Å². The van der Waals surface area contributed by atoms with Crippen LogP contribution in [-0.2, 0) is 6.54 Å². The van der Waals surface area contributed by atoms with E-state index in [4.69, 9.17) is 0 Å². The Kier molecular flexibility index (Phi) is 4.82. The fourth-order valence-corrected chi connectivity index (χ4v) is 1.89. The van der Waals surface area contributed by atoms with Crippen molar-refractivity contribution < 1.29 is 4.79 Å². The minimum Gasteiger partial charge on any atom is -0.347 e. The zero-order chi connectivity index (χ0) is 14.4. The van der Waals surface area contributed by atoms with Gasteiger partial charge in [0.1, 0.15) is 5.69 Å². The predicted molar refractivity (Wildman–Crippen MR) is 78.4 cm³/mol. The fourth-order valence-electron chi connectivity index (χ4n) is 1.89. The summed E-state index contributed by atoms with van der Waals surface area (Å²) >= 11 is 0. The van der Waals surface area contributed by atoms with E-state index in [0.29, 0.717) is 18.2 Å². The number of benzene rings is 1. The number of carbonyl (C=O) groups excluding carboxylic acids is 1. The Hall–Kier alpha value is -2.23. The van der Waals surface area contributed by atoms with Gasteiger partial charge < -0.3 is 5.32 Å². The number of nitrogens with zero attached hydrogens (tertiary/aromatic N) is 2. The van der Waals surface area contributed by atoms with Gasteiger partial charge in [0.05, 0.1) is 6.20 Å². The lowest BCUT2D eigenvalue weighted by molar-refractivity contribution is 0.0945. The first kappa shape index (κ1) is 14.2. The summed E-state index contributed by atoms with van der Waals surface area (Å²) in [7, 11) is 0. The Bertz CT molecular complexity index is 552. The molecule has 104 valence electrons. The molecule has 0 aliphatic heterocycles. The van der Waals surface area contributed by atoms with E-state index >= 15 is 0 Å². The second-order valence-corrected chi connectivity index (χ2v) is 4.82. The SMILES string of the molecule is CCC(C)c1ccc(CNC(=O)c2cnccn2)cc1. The molecule has 1 N–H and O–H groups in total. The third kappa shape index (κ3) is 3.63. The van der Waals surface area contributed by atoms with E-state index in [9.17, 15) is 4.79 Å². The van der Waals surface area contributed by atoms with Gasteiger partial charge in [0, 0.05) is 18.9 Å². The fraction of sp³-hybridized carbons (Fsp3) is 0.312. The summed E-state index contributed by atoms with van der Waals surface area (Å²) in [6, 6.07) is 8.35. The highest BCUT2D eigenvalue weighted by molar-refractivity contribution is 5.91. The van der Waals surface area contributed by atoms with Crippen molar-refractivity contribution in [1.82, 2.24) is 15.3 Å². The van der Waals surface area contributed by atoms with E-state index in [1.165, 1.54) is 18.0 Å².